The number of aryl methyl sites for hydroxylation is 1. The highest BCUT2D eigenvalue weighted by Crippen LogP contribution is 2.37. The van der Waals surface area contributed by atoms with Crippen LogP contribution in [0, 0.1) is 5.92 Å². The van der Waals surface area contributed by atoms with Gasteiger partial charge in [0.1, 0.15) is 11.5 Å². The number of nitrogens with one attached hydrogen (secondary N) is 1. The molecular formula is C23H27F3N8. The van der Waals surface area contributed by atoms with Gasteiger partial charge in [-0.05, 0) is 41.3 Å². The van der Waals surface area contributed by atoms with Crippen LogP contribution in [0.3, 0.4) is 0 Å². The van der Waals surface area contributed by atoms with Crippen molar-refractivity contribution in [3.05, 3.63) is 59.3 Å². The Hall–Kier alpha value is -3.50. The first-order valence-electron chi connectivity index (χ1n) is 11.3. The smallest absolute Gasteiger partial charge is 0.313 e. The number of hydrogen-bond donors (Lipinski definition) is 1. The standard InChI is InChI=1S/C23H27F3N8/c1-4-5-6-20-27-19(13-15(2)3)30-34(20)14-16-7-9-17(10-8-16)33-12-11-18(23(24,25)26)21(33)22-28-31-32-29-22/h7-12,15H,4-6,13-14H2,1-3H3,(H,28,29,31,32). The highest BCUT2D eigenvalue weighted by molar-refractivity contribution is 5.61. The average molecular weight is 473 g/mol. The van der Waals surface area contributed by atoms with E-state index in [2.05, 4.69) is 41.4 Å². The van der Waals surface area contributed by atoms with E-state index < -0.39 is 11.7 Å². The predicted octanol–water partition coefficient (Wildman–Crippen LogP) is 4.86. The fourth-order valence-corrected chi connectivity index (χ4v) is 3.83. The second-order valence-corrected chi connectivity index (χ2v) is 8.65. The number of hydrogen-bond acceptors (Lipinski definition) is 5. The number of benzene rings is 1. The Balaban J connectivity index is 1.62. The van der Waals surface area contributed by atoms with Gasteiger partial charge in [0.15, 0.2) is 5.82 Å². The van der Waals surface area contributed by atoms with Crippen molar-refractivity contribution in [3.8, 4) is 17.2 Å². The Kier molecular flexibility index (Phi) is 6.80. The number of nitrogens with zero attached hydrogens (tertiary/aromatic N) is 7. The maximum absolute atomic E-state index is 13.6. The molecule has 180 valence electrons. The molecule has 1 aromatic carbocycles. The fraction of sp³-hybridized carbons (Fsp3) is 0.435. The Labute approximate surface area is 195 Å². The summed E-state index contributed by atoms with van der Waals surface area (Å²) >= 11 is 0. The van der Waals surface area contributed by atoms with Gasteiger partial charge >= 0.3 is 6.18 Å². The van der Waals surface area contributed by atoms with E-state index in [0.29, 0.717) is 18.2 Å². The van der Waals surface area contributed by atoms with Crippen molar-refractivity contribution in [3.63, 3.8) is 0 Å². The zero-order chi connectivity index (χ0) is 24.3. The van der Waals surface area contributed by atoms with Gasteiger partial charge in [-0.15, -0.1) is 10.2 Å². The molecule has 8 nitrogen and oxygen atoms in total. The van der Waals surface area contributed by atoms with Crippen molar-refractivity contribution in [2.24, 2.45) is 5.92 Å². The molecule has 0 aliphatic rings. The Morgan fingerprint density at radius 1 is 1.09 bits per heavy atom. The minimum absolute atomic E-state index is 0.123. The summed E-state index contributed by atoms with van der Waals surface area (Å²) in [7, 11) is 0. The molecule has 1 N–H and O–H groups in total. The highest BCUT2D eigenvalue weighted by atomic mass is 19.4. The molecule has 0 radical (unpaired) electrons. The number of unbranched alkanes of at least 4 members (excludes halogenated alkanes) is 1. The molecule has 0 fully saturated rings. The van der Waals surface area contributed by atoms with E-state index in [-0.39, 0.29) is 11.5 Å². The van der Waals surface area contributed by atoms with Crippen LogP contribution < -0.4 is 0 Å². The largest absolute Gasteiger partial charge is 0.418 e. The van der Waals surface area contributed by atoms with Crippen LogP contribution in [0.2, 0.25) is 0 Å². The van der Waals surface area contributed by atoms with Gasteiger partial charge in [-0.25, -0.2) is 9.67 Å². The summed E-state index contributed by atoms with van der Waals surface area (Å²) in [5.74, 6) is 2.14. The van der Waals surface area contributed by atoms with E-state index in [1.54, 1.807) is 12.1 Å². The number of alkyl halides is 3. The molecule has 0 aliphatic heterocycles. The van der Waals surface area contributed by atoms with Crippen molar-refractivity contribution in [1.29, 1.82) is 0 Å². The quantitative estimate of drug-likeness (QED) is 0.376. The minimum atomic E-state index is -4.54. The zero-order valence-corrected chi connectivity index (χ0v) is 19.3. The average Bonchev–Trinajstić information content (AvgIpc) is 3.51. The molecule has 4 rings (SSSR count). The van der Waals surface area contributed by atoms with Crippen molar-refractivity contribution in [2.75, 3.05) is 0 Å². The number of H-pyrrole nitrogens is 1. The van der Waals surface area contributed by atoms with E-state index in [4.69, 9.17) is 10.1 Å². The molecule has 34 heavy (non-hydrogen) atoms. The minimum Gasteiger partial charge on any atom is -0.313 e. The summed E-state index contributed by atoms with van der Waals surface area (Å²) in [4.78, 5) is 4.73. The van der Waals surface area contributed by atoms with Crippen molar-refractivity contribution >= 4 is 0 Å². The van der Waals surface area contributed by atoms with Gasteiger partial charge in [-0.2, -0.15) is 23.5 Å². The van der Waals surface area contributed by atoms with Crippen LogP contribution in [0.15, 0.2) is 36.5 Å². The molecule has 0 aliphatic carbocycles. The number of rotatable bonds is 9. The third-order valence-corrected chi connectivity index (χ3v) is 5.43. The topological polar surface area (TPSA) is 90.1 Å². The van der Waals surface area contributed by atoms with Gasteiger partial charge in [0.25, 0.3) is 0 Å². The third-order valence-electron chi connectivity index (χ3n) is 5.43. The van der Waals surface area contributed by atoms with Gasteiger partial charge in [0.2, 0.25) is 5.82 Å². The molecule has 4 aromatic rings. The van der Waals surface area contributed by atoms with E-state index in [9.17, 15) is 13.2 Å². The molecule has 3 heterocycles. The van der Waals surface area contributed by atoms with Crippen LogP contribution in [-0.2, 0) is 25.6 Å². The lowest BCUT2D eigenvalue weighted by atomic mass is 10.1. The lowest BCUT2D eigenvalue weighted by Gasteiger charge is -2.12. The van der Waals surface area contributed by atoms with E-state index in [1.807, 2.05) is 16.8 Å². The van der Waals surface area contributed by atoms with Crippen molar-refractivity contribution in [2.45, 2.75) is 59.2 Å². The number of halogens is 3. The second kappa shape index (κ2) is 9.78. The molecule has 0 spiro atoms. The van der Waals surface area contributed by atoms with E-state index in [0.717, 1.165) is 49.0 Å². The van der Waals surface area contributed by atoms with Gasteiger partial charge < -0.3 is 4.57 Å². The van der Waals surface area contributed by atoms with Crippen LogP contribution in [0.25, 0.3) is 17.2 Å². The lowest BCUT2D eigenvalue weighted by Crippen LogP contribution is -2.09. The van der Waals surface area contributed by atoms with Gasteiger partial charge in [0.05, 0.1) is 12.1 Å². The summed E-state index contributed by atoms with van der Waals surface area (Å²) in [6.45, 7) is 6.96. The maximum atomic E-state index is 13.6. The second-order valence-electron chi connectivity index (χ2n) is 8.65. The molecule has 3 aromatic heterocycles. The molecule has 0 amide bonds. The maximum Gasteiger partial charge on any atom is 0.418 e. The van der Waals surface area contributed by atoms with Crippen molar-refractivity contribution in [1.82, 2.24) is 40.0 Å². The molecule has 0 saturated carbocycles. The molecular weight excluding hydrogens is 445 g/mol. The van der Waals surface area contributed by atoms with Gasteiger partial charge in [-0.3, -0.25) is 0 Å². The SMILES string of the molecule is CCCCc1nc(CC(C)C)nn1Cc1ccc(-n2ccc(C(F)(F)F)c2-c2nn[nH]n2)cc1. The van der Waals surface area contributed by atoms with Crippen LogP contribution >= 0.6 is 0 Å². The molecule has 11 heteroatoms. The van der Waals surface area contributed by atoms with Gasteiger partial charge in [-0.1, -0.05) is 39.3 Å². The van der Waals surface area contributed by atoms with Crippen molar-refractivity contribution < 1.29 is 13.2 Å². The number of aromatic nitrogens is 8. The Morgan fingerprint density at radius 3 is 2.47 bits per heavy atom. The molecule has 0 atom stereocenters. The first-order valence-corrected chi connectivity index (χ1v) is 11.3. The van der Waals surface area contributed by atoms with E-state index in [1.165, 1.54) is 10.8 Å². The summed E-state index contributed by atoms with van der Waals surface area (Å²) in [5.41, 5.74) is 0.556. The Morgan fingerprint density at radius 2 is 1.85 bits per heavy atom. The molecule has 0 saturated heterocycles. The Bertz CT molecular complexity index is 1200. The summed E-state index contributed by atoms with van der Waals surface area (Å²) in [6.07, 6.45) is 0.600. The number of aromatic amines is 1. The normalized spacial score (nSPS) is 12.1. The predicted molar refractivity (Wildman–Crippen MR) is 120 cm³/mol. The first-order chi connectivity index (χ1) is 16.3. The van der Waals surface area contributed by atoms with Gasteiger partial charge in [0, 0.05) is 24.7 Å². The van der Waals surface area contributed by atoms with E-state index >= 15 is 0 Å². The van der Waals surface area contributed by atoms with Crippen LogP contribution in [0.4, 0.5) is 13.2 Å². The fourth-order valence-electron chi connectivity index (χ4n) is 3.83. The van der Waals surface area contributed by atoms with Crippen LogP contribution in [0.1, 0.15) is 56.4 Å². The van der Waals surface area contributed by atoms with Crippen LogP contribution in [0.5, 0.6) is 0 Å². The zero-order valence-electron chi connectivity index (χ0n) is 19.3. The lowest BCUT2D eigenvalue weighted by molar-refractivity contribution is -0.137. The summed E-state index contributed by atoms with van der Waals surface area (Å²) < 4.78 is 44.1. The summed E-state index contributed by atoms with van der Waals surface area (Å²) in [6, 6.07) is 8.34. The highest BCUT2D eigenvalue weighted by Gasteiger charge is 2.37. The molecule has 0 bridgehead atoms. The monoisotopic (exact) mass is 472 g/mol. The molecule has 0 unspecified atom stereocenters. The third kappa shape index (κ3) is 5.18. The summed E-state index contributed by atoms with van der Waals surface area (Å²) in [5, 5.41) is 17.9. The number of tetrazole rings is 1. The van der Waals surface area contributed by atoms with Crippen LogP contribution in [-0.4, -0.2) is 40.0 Å². The first kappa shape index (κ1) is 23.7.